The van der Waals surface area contributed by atoms with Gasteiger partial charge in [-0.15, -0.1) is 0 Å². The molecular formula is C17H19ClN2O2. The number of rotatable bonds is 4. The molecule has 0 unspecified atom stereocenters. The van der Waals surface area contributed by atoms with Crippen molar-refractivity contribution < 1.29 is 9.53 Å². The number of halogens is 1. The fourth-order valence-electron chi connectivity index (χ4n) is 2.26. The van der Waals surface area contributed by atoms with E-state index in [0.717, 1.165) is 16.7 Å². The van der Waals surface area contributed by atoms with Crippen LogP contribution in [-0.2, 0) is 4.79 Å². The predicted molar refractivity (Wildman–Crippen MR) is 90.6 cm³/mol. The third kappa shape index (κ3) is 3.92. The molecule has 0 aliphatic heterocycles. The van der Waals surface area contributed by atoms with Gasteiger partial charge in [-0.05, 0) is 61.7 Å². The molecule has 0 fully saturated rings. The van der Waals surface area contributed by atoms with Crippen LogP contribution in [-0.4, -0.2) is 12.5 Å². The summed E-state index contributed by atoms with van der Waals surface area (Å²) in [6.45, 7) is 5.65. The van der Waals surface area contributed by atoms with E-state index in [1.165, 1.54) is 0 Å². The number of nitrogens with two attached hydrogens (primary N) is 1. The number of aryl methyl sites for hydroxylation is 3. The third-order valence-electron chi connectivity index (χ3n) is 3.27. The number of anilines is 2. The molecule has 0 aliphatic carbocycles. The molecule has 5 heteroatoms. The molecule has 3 N–H and O–H groups in total. The van der Waals surface area contributed by atoms with Gasteiger partial charge in [0.1, 0.15) is 5.75 Å². The first-order chi connectivity index (χ1) is 10.4. The monoisotopic (exact) mass is 318 g/mol. The molecule has 0 saturated carbocycles. The van der Waals surface area contributed by atoms with Gasteiger partial charge in [-0.3, -0.25) is 4.79 Å². The van der Waals surface area contributed by atoms with Crippen molar-refractivity contribution in [3.8, 4) is 5.75 Å². The molecule has 4 nitrogen and oxygen atoms in total. The van der Waals surface area contributed by atoms with Gasteiger partial charge in [0.2, 0.25) is 0 Å². The molecule has 2 aromatic rings. The Morgan fingerprint density at radius 3 is 2.55 bits per heavy atom. The highest BCUT2D eigenvalue weighted by Crippen LogP contribution is 2.25. The minimum Gasteiger partial charge on any atom is -0.483 e. The Kier molecular flexibility index (Phi) is 4.93. The highest BCUT2D eigenvalue weighted by molar-refractivity contribution is 6.30. The molecule has 0 aliphatic rings. The first-order valence-corrected chi connectivity index (χ1v) is 7.30. The summed E-state index contributed by atoms with van der Waals surface area (Å²) in [5, 5.41) is 3.43. The molecule has 0 heterocycles. The minimum absolute atomic E-state index is 0.0881. The largest absolute Gasteiger partial charge is 0.483 e. The quantitative estimate of drug-likeness (QED) is 0.841. The van der Waals surface area contributed by atoms with Crippen molar-refractivity contribution in [1.29, 1.82) is 0 Å². The first-order valence-electron chi connectivity index (χ1n) is 6.92. The maximum Gasteiger partial charge on any atom is 0.262 e. The van der Waals surface area contributed by atoms with Gasteiger partial charge in [0.15, 0.2) is 6.61 Å². The Morgan fingerprint density at radius 1 is 1.18 bits per heavy atom. The van der Waals surface area contributed by atoms with Gasteiger partial charge in [-0.25, -0.2) is 0 Å². The SMILES string of the molecule is Cc1cc(C)c(NC(=O)COc2ccc(Cl)cc2C)c(N)c1. The van der Waals surface area contributed by atoms with Gasteiger partial charge in [-0.2, -0.15) is 0 Å². The zero-order valence-corrected chi connectivity index (χ0v) is 13.6. The smallest absolute Gasteiger partial charge is 0.262 e. The van der Waals surface area contributed by atoms with Crippen molar-refractivity contribution in [2.24, 2.45) is 0 Å². The lowest BCUT2D eigenvalue weighted by Crippen LogP contribution is -2.21. The lowest BCUT2D eigenvalue weighted by atomic mass is 10.1. The summed E-state index contributed by atoms with van der Waals surface area (Å²) < 4.78 is 5.52. The van der Waals surface area contributed by atoms with Crippen molar-refractivity contribution in [2.75, 3.05) is 17.7 Å². The second-order valence-corrected chi connectivity index (χ2v) is 5.73. The molecule has 0 radical (unpaired) electrons. The number of hydrogen-bond acceptors (Lipinski definition) is 3. The molecule has 116 valence electrons. The fraction of sp³-hybridized carbons (Fsp3) is 0.235. The average Bonchev–Trinajstić information content (AvgIpc) is 2.42. The second kappa shape index (κ2) is 6.71. The van der Waals surface area contributed by atoms with E-state index in [4.69, 9.17) is 22.1 Å². The molecule has 0 bridgehead atoms. The molecule has 0 saturated heterocycles. The number of hydrogen-bond donors (Lipinski definition) is 2. The van der Waals surface area contributed by atoms with Crippen LogP contribution in [0.5, 0.6) is 5.75 Å². The van der Waals surface area contributed by atoms with Crippen LogP contribution in [0.3, 0.4) is 0 Å². The maximum atomic E-state index is 12.0. The van der Waals surface area contributed by atoms with Crippen LogP contribution in [0.25, 0.3) is 0 Å². The number of carbonyl (C=O) groups is 1. The normalized spacial score (nSPS) is 10.4. The lowest BCUT2D eigenvalue weighted by Gasteiger charge is -2.13. The molecule has 0 spiro atoms. The van der Waals surface area contributed by atoms with Crippen LogP contribution in [0.15, 0.2) is 30.3 Å². The third-order valence-corrected chi connectivity index (χ3v) is 3.51. The molecular weight excluding hydrogens is 300 g/mol. The van der Waals surface area contributed by atoms with E-state index in [1.807, 2.05) is 32.9 Å². The number of nitrogens with one attached hydrogen (secondary N) is 1. The lowest BCUT2D eigenvalue weighted by molar-refractivity contribution is -0.118. The Balaban J connectivity index is 2.02. The zero-order chi connectivity index (χ0) is 16.3. The van der Waals surface area contributed by atoms with Gasteiger partial charge in [0.05, 0.1) is 11.4 Å². The van der Waals surface area contributed by atoms with Gasteiger partial charge < -0.3 is 15.8 Å². The van der Waals surface area contributed by atoms with Crippen molar-refractivity contribution in [1.82, 2.24) is 0 Å². The summed E-state index contributed by atoms with van der Waals surface area (Å²) in [4.78, 5) is 12.0. The Morgan fingerprint density at radius 2 is 1.91 bits per heavy atom. The van der Waals surface area contributed by atoms with E-state index >= 15 is 0 Å². The molecule has 22 heavy (non-hydrogen) atoms. The molecule has 0 atom stereocenters. The van der Waals surface area contributed by atoms with Crippen LogP contribution in [0.4, 0.5) is 11.4 Å². The molecule has 2 aromatic carbocycles. The summed E-state index contributed by atoms with van der Waals surface area (Å²) in [5.74, 6) is 0.376. The van der Waals surface area contributed by atoms with Gasteiger partial charge >= 0.3 is 0 Å². The molecule has 0 aromatic heterocycles. The zero-order valence-electron chi connectivity index (χ0n) is 12.9. The Labute approximate surface area is 135 Å². The van der Waals surface area contributed by atoms with E-state index in [9.17, 15) is 4.79 Å². The van der Waals surface area contributed by atoms with E-state index in [-0.39, 0.29) is 12.5 Å². The summed E-state index contributed by atoms with van der Waals surface area (Å²) in [7, 11) is 0. The summed E-state index contributed by atoms with van der Waals surface area (Å²) >= 11 is 5.89. The van der Waals surface area contributed by atoms with Gasteiger partial charge in [0, 0.05) is 5.02 Å². The van der Waals surface area contributed by atoms with Gasteiger partial charge in [-0.1, -0.05) is 17.7 Å². The maximum absolute atomic E-state index is 12.0. The summed E-state index contributed by atoms with van der Waals surface area (Å²) in [6.07, 6.45) is 0. The fourth-order valence-corrected chi connectivity index (χ4v) is 2.49. The summed E-state index contributed by atoms with van der Waals surface area (Å²) in [6, 6.07) is 9.06. The highest BCUT2D eigenvalue weighted by atomic mass is 35.5. The first kappa shape index (κ1) is 16.2. The van der Waals surface area contributed by atoms with Crippen LogP contribution < -0.4 is 15.8 Å². The number of carbonyl (C=O) groups excluding carboxylic acids is 1. The van der Waals surface area contributed by atoms with E-state index in [1.54, 1.807) is 18.2 Å². The van der Waals surface area contributed by atoms with E-state index in [2.05, 4.69) is 5.32 Å². The van der Waals surface area contributed by atoms with Crippen molar-refractivity contribution in [2.45, 2.75) is 20.8 Å². The topological polar surface area (TPSA) is 64.3 Å². The Bertz CT molecular complexity index is 691. The second-order valence-electron chi connectivity index (χ2n) is 5.29. The van der Waals surface area contributed by atoms with Crippen LogP contribution in [0.1, 0.15) is 16.7 Å². The number of benzene rings is 2. The van der Waals surface area contributed by atoms with Crippen molar-refractivity contribution >= 4 is 28.9 Å². The standard InChI is InChI=1S/C17H19ClN2O2/c1-10-6-12(3)17(14(19)7-10)20-16(21)9-22-15-5-4-13(18)8-11(15)2/h4-8H,9,19H2,1-3H3,(H,20,21). The van der Waals surface area contributed by atoms with Crippen LogP contribution in [0.2, 0.25) is 5.02 Å². The number of nitrogen functional groups attached to an aromatic ring is 1. The molecule has 1 amide bonds. The van der Waals surface area contributed by atoms with E-state index in [0.29, 0.717) is 22.1 Å². The van der Waals surface area contributed by atoms with Gasteiger partial charge in [0.25, 0.3) is 5.91 Å². The van der Waals surface area contributed by atoms with Crippen LogP contribution in [0, 0.1) is 20.8 Å². The van der Waals surface area contributed by atoms with Crippen LogP contribution >= 0.6 is 11.6 Å². The van der Waals surface area contributed by atoms with E-state index < -0.39 is 0 Å². The predicted octanol–water partition coefficient (Wildman–Crippen LogP) is 3.86. The Hall–Kier alpha value is -2.20. The van der Waals surface area contributed by atoms with Crippen molar-refractivity contribution in [3.63, 3.8) is 0 Å². The molecule has 2 rings (SSSR count). The number of amides is 1. The highest BCUT2D eigenvalue weighted by Gasteiger charge is 2.10. The number of ether oxygens (including phenoxy) is 1. The minimum atomic E-state index is -0.256. The average molecular weight is 319 g/mol. The summed E-state index contributed by atoms with van der Waals surface area (Å²) in [5.41, 5.74) is 9.99. The van der Waals surface area contributed by atoms with Crippen molar-refractivity contribution in [3.05, 3.63) is 52.0 Å².